The van der Waals surface area contributed by atoms with Crippen LogP contribution < -0.4 is 0 Å². The Morgan fingerprint density at radius 3 is 2.52 bits per heavy atom. The van der Waals surface area contributed by atoms with Crippen molar-refractivity contribution in [1.82, 2.24) is 10.2 Å². The largest absolute Gasteiger partial charge is 0.275 e. The van der Waals surface area contributed by atoms with E-state index in [9.17, 15) is 4.39 Å². The van der Waals surface area contributed by atoms with Crippen molar-refractivity contribution in [2.75, 3.05) is 0 Å². The molecule has 0 unspecified atom stereocenters. The van der Waals surface area contributed by atoms with Crippen LogP contribution >= 0.6 is 0 Å². The number of hydrogen-bond acceptors (Lipinski definition) is 3. The number of rotatable bonds is 1. The molecule has 3 aliphatic rings. The van der Waals surface area contributed by atoms with E-state index in [1.54, 1.807) is 6.07 Å². The topological polar surface area (TPSA) is 38.1 Å². The van der Waals surface area contributed by atoms with Crippen LogP contribution in [-0.2, 0) is 5.41 Å². The lowest BCUT2D eigenvalue weighted by molar-refractivity contribution is 0.497. The minimum Gasteiger partial charge on any atom is -0.275 e. The summed E-state index contributed by atoms with van der Waals surface area (Å²) in [4.78, 5) is 5.20. The molecule has 6 rings (SSSR count). The second-order valence-electron chi connectivity index (χ2n) is 7.53. The zero-order chi connectivity index (χ0) is 16.6. The molecule has 1 aromatic heterocycles. The zero-order valence-electron chi connectivity index (χ0n) is 13.7. The van der Waals surface area contributed by atoms with Gasteiger partial charge in [0, 0.05) is 16.4 Å². The average molecular weight is 329 g/mol. The number of halogens is 1. The van der Waals surface area contributed by atoms with E-state index in [0.29, 0.717) is 5.52 Å². The molecule has 4 heteroatoms. The third kappa shape index (κ3) is 1.67. The van der Waals surface area contributed by atoms with Gasteiger partial charge < -0.3 is 0 Å². The molecule has 3 nitrogen and oxygen atoms in total. The summed E-state index contributed by atoms with van der Waals surface area (Å²) >= 11 is 0. The van der Waals surface area contributed by atoms with Crippen LogP contribution in [0, 0.1) is 5.82 Å². The molecule has 3 aromatic rings. The highest BCUT2D eigenvalue weighted by Crippen LogP contribution is 2.69. The first-order valence-corrected chi connectivity index (χ1v) is 8.85. The summed E-state index contributed by atoms with van der Waals surface area (Å²) < 4.78 is 13.9. The Morgan fingerprint density at radius 1 is 0.880 bits per heavy atom. The molecule has 2 saturated carbocycles. The highest BCUT2D eigenvalue weighted by molar-refractivity contribution is 6.15. The van der Waals surface area contributed by atoms with E-state index in [-0.39, 0.29) is 16.8 Å². The Labute approximate surface area is 144 Å². The summed E-state index contributed by atoms with van der Waals surface area (Å²) in [5.74, 6) is -0.335. The predicted molar refractivity (Wildman–Crippen MR) is 94.5 cm³/mol. The summed E-state index contributed by atoms with van der Waals surface area (Å²) in [6.45, 7) is 0. The van der Waals surface area contributed by atoms with E-state index in [2.05, 4.69) is 34.5 Å². The van der Waals surface area contributed by atoms with Gasteiger partial charge in [-0.2, -0.15) is 0 Å². The van der Waals surface area contributed by atoms with Crippen molar-refractivity contribution in [3.8, 4) is 0 Å². The van der Waals surface area contributed by atoms with Crippen molar-refractivity contribution in [2.24, 2.45) is 4.99 Å². The fourth-order valence-corrected chi connectivity index (χ4v) is 4.65. The van der Waals surface area contributed by atoms with Crippen molar-refractivity contribution in [2.45, 2.75) is 36.6 Å². The minimum absolute atomic E-state index is 0.0647. The van der Waals surface area contributed by atoms with E-state index in [0.717, 1.165) is 29.6 Å². The van der Waals surface area contributed by atoms with Crippen LogP contribution in [0.25, 0.3) is 10.9 Å². The lowest BCUT2D eigenvalue weighted by Gasteiger charge is -2.32. The van der Waals surface area contributed by atoms with E-state index < -0.39 is 0 Å². The number of aromatic nitrogens is 2. The summed E-state index contributed by atoms with van der Waals surface area (Å²) in [6.07, 6.45) is 4.77. The van der Waals surface area contributed by atoms with Crippen LogP contribution in [-0.4, -0.2) is 21.4 Å². The van der Waals surface area contributed by atoms with Crippen molar-refractivity contribution < 1.29 is 4.39 Å². The molecule has 0 N–H and O–H groups in total. The van der Waals surface area contributed by atoms with Gasteiger partial charge >= 0.3 is 0 Å². The van der Waals surface area contributed by atoms with Gasteiger partial charge in [-0.05, 0) is 43.4 Å². The Balaban J connectivity index is 1.60. The van der Waals surface area contributed by atoms with Gasteiger partial charge in [0.05, 0.1) is 11.3 Å². The molecular formula is C21H16FN3. The number of benzene rings is 2. The SMILES string of the molecule is Fc1cccc2cc(C3=NC4(CC4)C4(CC4)c4ccccc43)nnc12. The van der Waals surface area contributed by atoms with Crippen LogP contribution in [0.2, 0.25) is 0 Å². The summed E-state index contributed by atoms with van der Waals surface area (Å²) in [5, 5.41) is 9.24. The summed E-state index contributed by atoms with van der Waals surface area (Å²) in [5.41, 5.74) is 4.88. The van der Waals surface area contributed by atoms with Crippen LogP contribution in [0.1, 0.15) is 42.5 Å². The van der Waals surface area contributed by atoms with Gasteiger partial charge in [-0.1, -0.05) is 36.4 Å². The normalized spacial score (nSPS) is 21.2. The number of fused-ring (bicyclic) bond motifs is 4. The number of aliphatic imine (C=N–C) groups is 1. The third-order valence-corrected chi connectivity index (χ3v) is 6.20. The standard InChI is InChI=1S/C21H16FN3/c22-16-7-3-4-13-12-17(24-25-18(13)16)19-14-5-1-2-6-15(14)20(8-9-20)21(23-19)10-11-21/h1-7,12H,8-11H2. The first-order valence-electron chi connectivity index (χ1n) is 8.85. The van der Waals surface area contributed by atoms with Gasteiger partial charge in [-0.15, -0.1) is 10.2 Å². The average Bonchev–Trinajstić information content (AvgIpc) is 3.54. The Bertz CT molecular complexity index is 1080. The third-order valence-electron chi connectivity index (χ3n) is 6.20. The summed E-state index contributed by atoms with van der Waals surface area (Å²) in [6, 6.07) is 15.5. The predicted octanol–water partition coefficient (Wildman–Crippen LogP) is 4.18. The molecule has 2 heterocycles. The lowest BCUT2D eigenvalue weighted by atomic mass is 9.78. The van der Waals surface area contributed by atoms with Gasteiger partial charge in [0.2, 0.25) is 0 Å². The number of hydrogen-bond donors (Lipinski definition) is 0. The molecule has 2 aromatic carbocycles. The van der Waals surface area contributed by atoms with Crippen LogP contribution in [0.15, 0.2) is 53.5 Å². The fourth-order valence-electron chi connectivity index (χ4n) is 4.65. The molecule has 0 amide bonds. The quantitative estimate of drug-likeness (QED) is 0.671. The lowest BCUT2D eigenvalue weighted by Crippen LogP contribution is -2.34. The Kier molecular flexibility index (Phi) is 2.35. The maximum Gasteiger partial charge on any atom is 0.151 e. The van der Waals surface area contributed by atoms with Crippen molar-refractivity contribution >= 4 is 16.6 Å². The van der Waals surface area contributed by atoms with Crippen molar-refractivity contribution in [3.63, 3.8) is 0 Å². The van der Waals surface area contributed by atoms with Gasteiger partial charge in [-0.25, -0.2) is 4.39 Å². The molecule has 25 heavy (non-hydrogen) atoms. The molecule has 2 aliphatic carbocycles. The van der Waals surface area contributed by atoms with E-state index in [1.807, 2.05) is 12.1 Å². The van der Waals surface area contributed by atoms with Crippen LogP contribution in [0.4, 0.5) is 4.39 Å². The zero-order valence-corrected chi connectivity index (χ0v) is 13.7. The minimum atomic E-state index is -0.335. The first-order chi connectivity index (χ1) is 12.2. The first kappa shape index (κ1) is 13.6. The van der Waals surface area contributed by atoms with Crippen molar-refractivity contribution in [3.05, 3.63) is 71.2 Å². The second kappa shape index (κ2) is 4.31. The van der Waals surface area contributed by atoms with E-state index >= 15 is 0 Å². The van der Waals surface area contributed by atoms with Crippen LogP contribution in [0.5, 0.6) is 0 Å². The Hall–Kier alpha value is -2.62. The number of nitrogens with zero attached hydrogens (tertiary/aromatic N) is 3. The van der Waals surface area contributed by atoms with Crippen LogP contribution in [0.3, 0.4) is 0 Å². The van der Waals surface area contributed by atoms with Crippen molar-refractivity contribution in [1.29, 1.82) is 0 Å². The molecular weight excluding hydrogens is 313 g/mol. The second-order valence-corrected chi connectivity index (χ2v) is 7.53. The fraction of sp³-hybridized carbons (Fsp3) is 0.286. The Morgan fingerprint density at radius 2 is 1.72 bits per heavy atom. The smallest absolute Gasteiger partial charge is 0.151 e. The van der Waals surface area contributed by atoms with Gasteiger partial charge in [0.1, 0.15) is 11.2 Å². The molecule has 2 fully saturated rings. The van der Waals surface area contributed by atoms with E-state index in [1.165, 1.54) is 30.0 Å². The highest BCUT2D eigenvalue weighted by atomic mass is 19.1. The molecule has 2 spiro atoms. The highest BCUT2D eigenvalue weighted by Gasteiger charge is 2.68. The molecule has 122 valence electrons. The molecule has 0 radical (unpaired) electrons. The van der Waals surface area contributed by atoms with E-state index in [4.69, 9.17) is 4.99 Å². The maximum atomic E-state index is 13.9. The maximum absolute atomic E-state index is 13.9. The molecule has 0 saturated heterocycles. The van der Waals surface area contributed by atoms with Gasteiger partial charge in [-0.3, -0.25) is 4.99 Å². The van der Waals surface area contributed by atoms with Gasteiger partial charge in [0.25, 0.3) is 0 Å². The molecule has 0 atom stereocenters. The molecule has 0 bridgehead atoms. The van der Waals surface area contributed by atoms with Gasteiger partial charge in [0.15, 0.2) is 5.82 Å². The monoisotopic (exact) mass is 329 g/mol. The molecule has 1 aliphatic heterocycles. The summed E-state index contributed by atoms with van der Waals surface area (Å²) in [7, 11) is 0.